The van der Waals surface area contributed by atoms with E-state index < -0.39 is 0 Å². The average molecular weight is 255 g/mol. The lowest BCUT2D eigenvalue weighted by Gasteiger charge is -1.99. The summed E-state index contributed by atoms with van der Waals surface area (Å²) in [5, 5.41) is 0. The molecule has 1 heteroatoms. The lowest BCUT2D eigenvalue weighted by Crippen LogP contribution is -1.98. The molecule has 0 unspecified atom stereocenters. The van der Waals surface area contributed by atoms with E-state index in [1.54, 1.807) is 0 Å². The van der Waals surface area contributed by atoms with Crippen molar-refractivity contribution >= 4 is 0 Å². The summed E-state index contributed by atoms with van der Waals surface area (Å²) in [6, 6.07) is 0. The van der Waals surface area contributed by atoms with Gasteiger partial charge in [-0.15, -0.1) is 11.8 Å². The summed E-state index contributed by atoms with van der Waals surface area (Å²) < 4.78 is 0. The van der Waals surface area contributed by atoms with Crippen LogP contribution in [0.2, 0.25) is 0 Å². The van der Waals surface area contributed by atoms with Crippen molar-refractivity contribution in [1.82, 2.24) is 0 Å². The van der Waals surface area contributed by atoms with Crippen LogP contribution in [0.1, 0.15) is 41.5 Å². The van der Waals surface area contributed by atoms with E-state index >= 15 is 0 Å². The Bertz CT molecular complexity index is 484. The molecule has 0 aromatic heterocycles. The molecule has 0 saturated carbocycles. The summed E-state index contributed by atoms with van der Waals surface area (Å²) in [6.45, 7) is 11.6. The number of hydrogen-bond donors (Lipinski definition) is 1. The van der Waals surface area contributed by atoms with Crippen molar-refractivity contribution in [2.45, 2.75) is 41.5 Å². The fraction of sp³-hybridized carbons (Fsp3) is 0.333. The third-order valence-corrected chi connectivity index (χ3v) is 1.92. The Kier molecular flexibility index (Phi) is 14.1. The minimum absolute atomic E-state index is 0.717. The normalized spacial score (nSPS) is 12.2. The second kappa shape index (κ2) is 13.9. The first-order valence-electron chi connectivity index (χ1n) is 6.48. The van der Waals surface area contributed by atoms with E-state index in [1.807, 2.05) is 71.9 Å². The van der Waals surface area contributed by atoms with Gasteiger partial charge in [0.25, 0.3) is 0 Å². The van der Waals surface area contributed by atoms with Crippen LogP contribution >= 0.6 is 0 Å². The van der Waals surface area contributed by atoms with Gasteiger partial charge in [0, 0.05) is 11.3 Å². The Balaban J connectivity index is 0. The predicted molar refractivity (Wildman–Crippen MR) is 86.4 cm³/mol. The lowest BCUT2D eigenvalue weighted by molar-refractivity contribution is 1.34. The number of rotatable bonds is 2. The molecule has 0 saturated heterocycles. The van der Waals surface area contributed by atoms with Gasteiger partial charge in [-0.1, -0.05) is 37.5 Å². The highest BCUT2D eigenvalue weighted by Crippen LogP contribution is 2.09. The van der Waals surface area contributed by atoms with Crippen LogP contribution in [0.3, 0.4) is 0 Å². The third-order valence-electron chi connectivity index (χ3n) is 1.92. The topological polar surface area (TPSA) is 26.0 Å². The Labute approximate surface area is 118 Å². The fourth-order valence-corrected chi connectivity index (χ4v) is 0.916. The van der Waals surface area contributed by atoms with Gasteiger partial charge in [-0.2, -0.15) is 0 Å². The van der Waals surface area contributed by atoms with Gasteiger partial charge in [0.15, 0.2) is 0 Å². The van der Waals surface area contributed by atoms with Gasteiger partial charge >= 0.3 is 0 Å². The molecular formula is C18H25N. The smallest absolute Gasteiger partial charge is 0.0478 e. The predicted octanol–water partition coefficient (Wildman–Crippen LogP) is 4.66. The molecule has 0 spiro atoms. The largest absolute Gasteiger partial charge is 0.398 e. The first-order chi connectivity index (χ1) is 9.15. The quantitative estimate of drug-likeness (QED) is 0.433. The second-order valence-corrected chi connectivity index (χ2v) is 3.33. The summed E-state index contributed by atoms with van der Waals surface area (Å²) in [6.07, 6.45) is 9.62. The van der Waals surface area contributed by atoms with Crippen molar-refractivity contribution in [3.63, 3.8) is 0 Å². The maximum atomic E-state index is 5.79. The van der Waals surface area contributed by atoms with Crippen LogP contribution in [0.5, 0.6) is 0 Å². The van der Waals surface area contributed by atoms with Crippen LogP contribution in [-0.4, -0.2) is 0 Å². The van der Waals surface area contributed by atoms with Gasteiger partial charge in [-0.25, -0.2) is 0 Å². The van der Waals surface area contributed by atoms with Gasteiger partial charge in [0.2, 0.25) is 0 Å². The highest BCUT2D eigenvalue weighted by molar-refractivity contribution is 5.43. The number of hydrogen-bond acceptors (Lipinski definition) is 1. The average Bonchev–Trinajstić information content (AvgIpc) is 2.48. The summed E-state index contributed by atoms with van der Waals surface area (Å²) in [7, 11) is 0. The number of allylic oxidation sites excluding steroid dienone is 6. The third kappa shape index (κ3) is 10.7. The minimum atomic E-state index is 0.717. The van der Waals surface area contributed by atoms with Crippen molar-refractivity contribution < 1.29 is 0 Å². The standard InChI is InChI=1S/C12H13N.C4H6.C2H6/c1-3-4-5-12(13)11-8-6-10(2)7-9-11;1-3-4-2;1-2/h3-6,8H,13H2,1-2H3;1-2H3;1-2H3/b4-3-,12-5-;;. The van der Waals surface area contributed by atoms with Crippen molar-refractivity contribution in [1.29, 1.82) is 0 Å². The van der Waals surface area contributed by atoms with E-state index in [0.29, 0.717) is 5.70 Å². The van der Waals surface area contributed by atoms with E-state index in [2.05, 4.69) is 23.3 Å². The summed E-state index contributed by atoms with van der Waals surface area (Å²) in [4.78, 5) is 0. The van der Waals surface area contributed by atoms with Crippen molar-refractivity contribution in [3.8, 4) is 11.8 Å². The zero-order valence-corrected chi connectivity index (χ0v) is 13.0. The highest BCUT2D eigenvalue weighted by Gasteiger charge is 1.96. The molecule has 1 aliphatic carbocycles. The van der Waals surface area contributed by atoms with Crippen LogP contribution in [0.25, 0.3) is 0 Å². The molecular weight excluding hydrogens is 230 g/mol. The van der Waals surface area contributed by atoms with Gasteiger partial charge in [0.05, 0.1) is 0 Å². The van der Waals surface area contributed by atoms with Crippen LogP contribution in [-0.2, 0) is 0 Å². The van der Waals surface area contributed by atoms with E-state index in [4.69, 9.17) is 5.73 Å². The summed E-state index contributed by atoms with van der Waals surface area (Å²) >= 11 is 0. The summed E-state index contributed by atoms with van der Waals surface area (Å²) in [5.74, 6) is 5.36. The van der Waals surface area contributed by atoms with Gasteiger partial charge < -0.3 is 5.73 Å². The van der Waals surface area contributed by atoms with E-state index in [0.717, 1.165) is 11.1 Å². The highest BCUT2D eigenvalue weighted by atomic mass is 14.6. The Morgan fingerprint density at radius 3 is 2.11 bits per heavy atom. The molecule has 19 heavy (non-hydrogen) atoms. The minimum Gasteiger partial charge on any atom is -0.398 e. The fourth-order valence-electron chi connectivity index (χ4n) is 0.916. The number of nitrogens with two attached hydrogens (primary N) is 1. The zero-order valence-electron chi connectivity index (χ0n) is 13.0. The molecule has 0 aromatic rings. The van der Waals surface area contributed by atoms with Gasteiger partial charge in [-0.05, 0) is 51.5 Å². The molecule has 0 fully saturated rings. The molecule has 2 N–H and O–H groups in total. The molecule has 0 amide bonds. The Hall–Kier alpha value is -2.12. The molecule has 0 bridgehead atoms. The first-order valence-corrected chi connectivity index (χ1v) is 6.48. The molecule has 1 nitrogen and oxygen atoms in total. The molecule has 0 aromatic carbocycles. The van der Waals surface area contributed by atoms with Crippen molar-refractivity contribution in [2.75, 3.05) is 0 Å². The lowest BCUT2D eigenvalue weighted by atomic mass is 10.1. The molecule has 1 rings (SSSR count). The van der Waals surface area contributed by atoms with Crippen LogP contribution < -0.4 is 5.73 Å². The molecule has 1 aliphatic rings. The molecule has 0 heterocycles. The molecule has 0 radical (unpaired) electrons. The maximum absolute atomic E-state index is 5.79. The summed E-state index contributed by atoms with van der Waals surface area (Å²) in [5.41, 5.74) is 14.5. The van der Waals surface area contributed by atoms with Gasteiger partial charge in [0.1, 0.15) is 0 Å². The van der Waals surface area contributed by atoms with Gasteiger partial charge in [-0.3, -0.25) is 0 Å². The van der Waals surface area contributed by atoms with Crippen LogP contribution in [0.4, 0.5) is 0 Å². The molecule has 0 atom stereocenters. The van der Waals surface area contributed by atoms with E-state index in [9.17, 15) is 0 Å². The Morgan fingerprint density at radius 2 is 1.74 bits per heavy atom. The van der Waals surface area contributed by atoms with E-state index in [-0.39, 0.29) is 0 Å². The SMILES string of the molecule is C/C=C\C=C(/N)C1=C=C=C(C)C=C1.CC.CC#CC. The molecule has 102 valence electrons. The Morgan fingerprint density at radius 1 is 1.16 bits per heavy atom. The van der Waals surface area contributed by atoms with Crippen LogP contribution in [0.15, 0.2) is 58.7 Å². The van der Waals surface area contributed by atoms with Crippen molar-refractivity contribution in [2.24, 2.45) is 5.73 Å². The molecule has 0 aliphatic heterocycles. The zero-order chi connectivity index (χ0) is 15.1. The van der Waals surface area contributed by atoms with Crippen molar-refractivity contribution in [3.05, 3.63) is 58.7 Å². The first kappa shape index (κ1) is 19.2. The van der Waals surface area contributed by atoms with E-state index in [1.165, 1.54) is 0 Å². The monoisotopic (exact) mass is 255 g/mol. The maximum Gasteiger partial charge on any atom is 0.0478 e. The second-order valence-electron chi connectivity index (χ2n) is 3.33. The van der Waals surface area contributed by atoms with Crippen LogP contribution in [0, 0.1) is 11.8 Å².